The van der Waals surface area contributed by atoms with Crippen LogP contribution in [0.3, 0.4) is 0 Å². The molecule has 0 saturated carbocycles. The summed E-state index contributed by atoms with van der Waals surface area (Å²) in [6.45, 7) is 0. The molecule has 2 aromatic carbocycles. The van der Waals surface area contributed by atoms with E-state index in [0.29, 0.717) is 0 Å². The predicted molar refractivity (Wildman–Crippen MR) is 102 cm³/mol. The molecule has 10 heteroatoms. The molecule has 0 aliphatic heterocycles. The molecule has 0 spiro atoms. The van der Waals surface area contributed by atoms with Gasteiger partial charge < -0.3 is 10.1 Å². The van der Waals surface area contributed by atoms with Crippen LogP contribution in [0, 0.1) is 17.5 Å². The standard InChI is InChI=1S/C19H16F3N3O3S/c1-28-17-8-12(20)3-4-15(17)18-16(22)9-23-19(25-18)24-14-6-11(5-13(21)7-14)10-29(2,26)27/h3-9H,10H2,1-2H3,(H,23,24,25). The van der Waals surface area contributed by atoms with Crippen LogP contribution in [0.4, 0.5) is 24.8 Å². The van der Waals surface area contributed by atoms with Crippen molar-refractivity contribution in [3.8, 4) is 17.0 Å². The lowest BCUT2D eigenvalue weighted by Crippen LogP contribution is -2.04. The lowest BCUT2D eigenvalue weighted by Gasteiger charge is -2.11. The van der Waals surface area contributed by atoms with Crippen LogP contribution in [-0.2, 0) is 15.6 Å². The fourth-order valence-corrected chi connectivity index (χ4v) is 3.49. The Bertz CT molecular complexity index is 1170. The van der Waals surface area contributed by atoms with Gasteiger partial charge in [-0.1, -0.05) is 0 Å². The molecule has 3 rings (SSSR count). The van der Waals surface area contributed by atoms with E-state index in [0.717, 1.165) is 36.7 Å². The molecule has 3 aromatic rings. The lowest BCUT2D eigenvalue weighted by molar-refractivity contribution is 0.412. The van der Waals surface area contributed by atoms with Crippen molar-refractivity contribution in [3.63, 3.8) is 0 Å². The van der Waals surface area contributed by atoms with E-state index in [-0.39, 0.29) is 40.0 Å². The smallest absolute Gasteiger partial charge is 0.227 e. The van der Waals surface area contributed by atoms with Crippen molar-refractivity contribution in [3.05, 3.63) is 65.6 Å². The molecular formula is C19H16F3N3O3S. The number of nitrogens with zero attached hydrogens (tertiary/aromatic N) is 2. The van der Waals surface area contributed by atoms with E-state index in [2.05, 4.69) is 15.3 Å². The van der Waals surface area contributed by atoms with Gasteiger partial charge in [0.05, 0.1) is 19.1 Å². The van der Waals surface area contributed by atoms with Crippen LogP contribution in [0.5, 0.6) is 5.75 Å². The van der Waals surface area contributed by atoms with Crippen LogP contribution in [0.15, 0.2) is 42.6 Å². The fraction of sp³-hybridized carbons (Fsp3) is 0.158. The van der Waals surface area contributed by atoms with E-state index in [1.807, 2.05) is 0 Å². The van der Waals surface area contributed by atoms with E-state index in [1.54, 1.807) is 0 Å². The third kappa shape index (κ3) is 5.23. The SMILES string of the molecule is COc1cc(F)ccc1-c1nc(Nc2cc(F)cc(CS(C)(=O)=O)c2)ncc1F. The van der Waals surface area contributed by atoms with E-state index >= 15 is 0 Å². The molecule has 0 bridgehead atoms. The van der Waals surface area contributed by atoms with Gasteiger partial charge in [0, 0.05) is 23.6 Å². The minimum atomic E-state index is -3.36. The first kappa shape index (κ1) is 20.6. The second kappa shape index (κ2) is 8.08. The van der Waals surface area contributed by atoms with Crippen molar-refractivity contribution in [1.82, 2.24) is 9.97 Å². The minimum absolute atomic E-state index is 0.0660. The Morgan fingerprint density at radius 2 is 1.83 bits per heavy atom. The number of sulfone groups is 1. The zero-order valence-electron chi connectivity index (χ0n) is 15.4. The number of hydrogen-bond acceptors (Lipinski definition) is 6. The highest BCUT2D eigenvalue weighted by molar-refractivity contribution is 7.89. The number of benzene rings is 2. The first-order chi connectivity index (χ1) is 13.6. The van der Waals surface area contributed by atoms with Gasteiger partial charge >= 0.3 is 0 Å². The zero-order valence-corrected chi connectivity index (χ0v) is 16.2. The van der Waals surface area contributed by atoms with E-state index in [1.165, 1.54) is 19.2 Å². The average molecular weight is 423 g/mol. The molecule has 0 unspecified atom stereocenters. The van der Waals surface area contributed by atoms with Gasteiger partial charge in [-0.05, 0) is 35.9 Å². The Labute approximate surface area is 165 Å². The molecule has 0 fully saturated rings. The molecule has 0 amide bonds. The number of rotatable bonds is 6. The van der Waals surface area contributed by atoms with Crippen molar-refractivity contribution >= 4 is 21.5 Å². The number of ether oxygens (including phenoxy) is 1. The third-order valence-electron chi connectivity index (χ3n) is 3.81. The summed E-state index contributed by atoms with van der Waals surface area (Å²) in [6.07, 6.45) is 1.95. The fourth-order valence-electron chi connectivity index (χ4n) is 2.71. The first-order valence-corrected chi connectivity index (χ1v) is 10.3. The predicted octanol–water partition coefficient (Wildman–Crippen LogP) is 3.86. The molecule has 0 radical (unpaired) electrons. The molecule has 1 aromatic heterocycles. The van der Waals surface area contributed by atoms with Crippen molar-refractivity contribution in [2.24, 2.45) is 0 Å². The maximum Gasteiger partial charge on any atom is 0.227 e. The first-order valence-electron chi connectivity index (χ1n) is 8.25. The van der Waals surface area contributed by atoms with Crippen LogP contribution >= 0.6 is 0 Å². The monoisotopic (exact) mass is 423 g/mol. The van der Waals surface area contributed by atoms with Crippen molar-refractivity contribution in [2.45, 2.75) is 5.75 Å². The summed E-state index contributed by atoms with van der Waals surface area (Å²) in [5.74, 6) is -2.31. The largest absolute Gasteiger partial charge is 0.496 e. The van der Waals surface area contributed by atoms with Gasteiger partial charge in [0.2, 0.25) is 5.95 Å². The molecule has 6 nitrogen and oxygen atoms in total. The van der Waals surface area contributed by atoms with Crippen LogP contribution in [0.1, 0.15) is 5.56 Å². The van der Waals surface area contributed by atoms with Crippen LogP contribution < -0.4 is 10.1 Å². The maximum absolute atomic E-state index is 14.3. The average Bonchev–Trinajstić information content (AvgIpc) is 2.61. The Balaban J connectivity index is 1.97. The van der Waals surface area contributed by atoms with Gasteiger partial charge in [0.25, 0.3) is 0 Å². The Kier molecular flexibility index (Phi) is 5.73. The highest BCUT2D eigenvalue weighted by Gasteiger charge is 2.16. The zero-order chi connectivity index (χ0) is 21.2. The highest BCUT2D eigenvalue weighted by Crippen LogP contribution is 2.31. The van der Waals surface area contributed by atoms with Gasteiger partial charge in [-0.15, -0.1) is 0 Å². The van der Waals surface area contributed by atoms with E-state index in [4.69, 9.17) is 4.74 Å². The summed E-state index contributed by atoms with van der Waals surface area (Å²) in [6, 6.07) is 7.19. The van der Waals surface area contributed by atoms with Gasteiger partial charge in [-0.25, -0.2) is 31.6 Å². The highest BCUT2D eigenvalue weighted by atomic mass is 32.2. The summed E-state index contributed by atoms with van der Waals surface area (Å²) >= 11 is 0. The van der Waals surface area contributed by atoms with Crippen LogP contribution in [0.2, 0.25) is 0 Å². The van der Waals surface area contributed by atoms with Crippen LogP contribution in [-0.4, -0.2) is 31.8 Å². The lowest BCUT2D eigenvalue weighted by atomic mass is 10.1. The third-order valence-corrected chi connectivity index (χ3v) is 4.66. The van der Waals surface area contributed by atoms with Crippen molar-refractivity contribution in [2.75, 3.05) is 18.7 Å². The van der Waals surface area contributed by atoms with Gasteiger partial charge in [-0.2, -0.15) is 0 Å². The quantitative estimate of drug-likeness (QED) is 0.649. The number of nitrogens with one attached hydrogen (secondary N) is 1. The summed E-state index contributed by atoms with van der Waals surface area (Å²) in [4.78, 5) is 7.88. The normalized spacial score (nSPS) is 11.3. The van der Waals surface area contributed by atoms with Crippen LogP contribution in [0.25, 0.3) is 11.3 Å². The Hall–Kier alpha value is -3.14. The van der Waals surface area contributed by atoms with E-state index in [9.17, 15) is 21.6 Å². The molecule has 1 N–H and O–H groups in total. The number of halogens is 3. The van der Waals surface area contributed by atoms with Crippen molar-refractivity contribution in [1.29, 1.82) is 0 Å². The number of hydrogen-bond donors (Lipinski definition) is 1. The molecule has 0 aliphatic rings. The number of methoxy groups -OCH3 is 1. The summed E-state index contributed by atoms with van der Waals surface area (Å²) in [5, 5.41) is 2.72. The molecule has 1 heterocycles. The number of aromatic nitrogens is 2. The molecule has 152 valence electrons. The Morgan fingerprint density at radius 3 is 2.52 bits per heavy atom. The topological polar surface area (TPSA) is 81.2 Å². The van der Waals surface area contributed by atoms with Crippen molar-refractivity contribution < 1.29 is 26.3 Å². The minimum Gasteiger partial charge on any atom is -0.496 e. The van der Waals surface area contributed by atoms with Gasteiger partial charge in [-0.3, -0.25) is 0 Å². The Morgan fingerprint density at radius 1 is 1.07 bits per heavy atom. The summed E-state index contributed by atoms with van der Waals surface area (Å²) < 4.78 is 69.6. The molecule has 0 saturated heterocycles. The number of anilines is 2. The molecular weight excluding hydrogens is 407 g/mol. The summed E-state index contributed by atoms with van der Waals surface area (Å²) in [7, 11) is -2.05. The second-order valence-corrected chi connectivity index (χ2v) is 8.42. The van der Waals surface area contributed by atoms with Gasteiger partial charge in [0.1, 0.15) is 23.1 Å². The maximum atomic E-state index is 14.3. The van der Waals surface area contributed by atoms with Gasteiger partial charge in [0.15, 0.2) is 15.7 Å². The summed E-state index contributed by atoms with van der Waals surface area (Å²) in [5.41, 5.74) is 0.478. The molecule has 0 atom stereocenters. The molecule has 0 aliphatic carbocycles. The van der Waals surface area contributed by atoms with E-state index < -0.39 is 27.3 Å². The molecule has 29 heavy (non-hydrogen) atoms. The second-order valence-electron chi connectivity index (χ2n) is 6.28.